The summed E-state index contributed by atoms with van der Waals surface area (Å²) in [4.78, 5) is 0. The van der Waals surface area contributed by atoms with Crippen molar-refractivity contribution < 1.29 is 4.74 Å². The molecule has 1 aliphatic rings. The highest BCUT2D eigenvalue weighted by Gasteiger charge is 2.30. The van der Waals surface area contributed by atoms with Crippen LogP contribution in [0.3, 0.4) is 0 Å². The third-order valence-electron chi connectivity index (χ3n) is 3.24. The smallest absolute Gasteiger partial charge is 0.0471 e. The van der Waals surface area contributed by atoms with E-state index in [1.165, 1.54) is 32.1 Å². The summed E-state index contributed by atoms with van der Waals surface area (Å²) in [6.07, 6.45) is 6.54. The first-order valence-electron chi connectivity index (χ1n) is 5.55. The first kappa shape index (κ1) is 11.0. The molecule has 0 aromatic heterocycles. The molecule has 0 saturated carbocycles. The fraction of sp³-hybridized carbons (Fsp3) is 1.00. The van der Waals surface area contributed by atoms with Crippen LogP contribution in [0, 0.1) is 5.41 Å². The number of nitrogens with one attached hydrogen (secondary N) is 1. The van der Waals surface area contributed by atoms with Gasteiger partial charge < -0.3 is 10.1 Å². The van der Waals surface area contributed by atoms with E-state index < -0.39 is 0 Å². The average molecular weight is 185 g/mol. The third-order valence-corrected chi connectivity index (χ3v) is 3.24. The van der Waals surface area contributed by atoms with E-state index in [0.717, 1.165) is 19.8 Å². The highest BCUT2D eigenvalue weighted by Crippen LogP contribution is 2.38. The van der Waals surface area contributed by atoms with E-state index in [1.54, 1.807) is 0 Å². The lowest BCUT2D eigenvalue weighted by molar-refractivity contribution is 0.00564. The SMILES string of the molecule is CCCC1(CCNC)CCOCC1. The van der Waals surface area contributed by atoms with Gasteiger partial charge in [-0.15, -0.1) is 0 Å². The number of rotatable bonds is 5. The lowest BCUT2D eigenvalue weighted by Gasteiger charge is -2.37. The molecular weight excluding hydrogens is 162 g/mol. The van der Waals surface area contributed by atoms with E-state index in [0.29, 0.717) is 5.41 Å². The van der Waals surface area contributed by atoms with Crippen LogP contribution >= 0.6 is 0 Å². The Balaban J connectivity index is 2.40. The van der Waals surface area contributed by atoms with Gasteiger partial charge in [-0.3, -0.25) is 0 Å². The van der Waals surface area contributed by atoms with Gasteiger partial charge in [0.25, 0.3) is 0 Å². The van der Waals surface area contributed by atoms with Crippen LogP contribution in [0.15, 0.2) is 0 Å². The van der Waals surface area contributed by atoms with Crippen molar-refractivity contribution in [3.8, 4) is 0 Å². The maximum Gasteiger partial charge on any atom is 0.0471 e. The van der Waals surface area contributed by atoms with Crippen molar-refractivity contribution in [1.29, 1.82) is 0 Å². The topological polar surface area (TPSA) is 21.3 Å². The predicted molar refractivity (Wildman–Crippen MR) is 55.9 cm³/mol. The zero-order valence-corrected chi connectivity index (χ0v) is 9.07. The average Bonchev–Trinajstić information content (AvgIpc) is 2.17. The highest BCUT2D eigenvalue weighted by atomic mass is 16.5. The van der Waals surface area contributed by atoms with Crippen LogP contribution in [0.25, 0.3) is 0 Å². The summed E-state index contributed by atoms with van der Waals surface area (Å²) >= 11 is 0. The summed E-state index contributed by atoms with van der Waals surface area (Å²) in [5.74, 6) is 0. The van der Waals surface area contributed by atoms with Gasteiger partial charge in [0, 0.05) is 13.2 Å². The standard InChI is InChI=1S/C11H23NO/c1-3-4-11(5-8-12-2)6-9-13-10-7-11/h12H,3-10H2,1-2H3. The summed E-state index contributed by atoms with van der Waals surface area (Å²) in [6, 6.07) is 0. The van der Waals surface area contributed by atoms with E-state index >= 15 is 0 Å². The molecule has 0 aromatic rings. The van der Waals surface area contributed by atoms with Crippen molar-refractivity contribution in [1.82, 2.24) is 5.32 Å². The normalized spacial score (nSPS) is 21.7. The molecule has 0 radical (unpaired) electrons. The lowest BCUT2D eigenvalue weighted by Crippen LogP contribution is -2.32. The minimum atomic E-state index is 0.593. The third kappa shape index (κ3) is 3.28. The predicted octanol–water partition coefficient (Wildman–Crippen LogP) is 2.19. The second-order valence-corrected chi connectivity index (χ2v) is 4.22. The van der Waals surface area contributed by atoms with Crippen LogP contribution in [0.2, 0.25) is 0 Å². The Kier molecular flexibility index (Phi) is 4.74. The van der Waals surface area contributed by atoms with Gasteiger partial charge >= 0.3 is 0 Å². The Morgan fingerprint density at radius 3 is 2.46 bits per heavy atom. The molecule has 1 aliphatic heterocycles. The van der Waals surface area contributed by atoms with Gasteiger partial charge in [0.15, 0.2) is 0 Å². The molecular formula is C11H23NO. The molecule has 1 fully saturated rings. The molecule has 1 rings (SSSR count). The molecule has 0 amide bonds. The van der Waals surface area contributed by atoms with E-state index in [1.807, 2.05) is 7.05 Å². The van der Waals surface area contributed by atoms with Crippen LogP contribution in [0.4, 0.5) is 0 Å². The Labute approximate surface area is 82.0 Å². The Morgan fingerprint density at radius 1 is 1.23 bits per heavy atom. The Bertz CT molecular complexity index is 125. The zero-order valence-electron chi connectivity index (χ0n) is 9.07. The molecule has 2 nitrogen and oxygen atoms in total. The summed E-state index contributed by atoms with van der Waals surface area (Å²) in [5, 5.41) is 3.26. The fourth-order valence-corrected chi connectivity index (χ4v) is 2.35. The summed E-state index contributed by atoms with van der Waals surface area (Å²) < 4.78 is 5.43. The van der Waals surface area contributed by atoms with E-state index in [-0.39, 0.29) is 0 Å². The summed E-state index contributed by atoms with van der Waals surface area (Å²) in [6.45, 7) is 5.39. The van der Waals surface area contributed by atoms with E-state index in [4.69, 9.17) is 4.74 Å². The zero-order chi connectivity index (χ0) is 9.57. The quantitative estimate of drug-likeness (QED) is 0.709. The van der Waals surface area contributed by atoms with Gasteiger partial charge in [0.1, 0.15) is 0 Å². The molecule has 0 bridgehead atoms. The van der Waals surface area contributed by atoms with Crippen LogP contribution in [0.5, 0.6) is 0 Å². The van der Waals surface area contributed by atoms with Crippen LogP contribution < -0.4 is 5.32 Å². The minimum absolute atomic E-state index is 0.593. The molecule has 78 valence electrons. The molecule has 1 saturated heterocycles. The van der Waals surface area contributed by atoms with Gasteiger partial charge in [-0.1, -0.05) is 13.3 Å². The molecule has 1 heterocycles. The largest absolute Gasteiger partial charge is 0.381 e. The van der Waals surface area contributed by atoms with Crippen molar-refractivity contribution in [3.63, 3.8) is 0 Å². The molecule has 0 spiro atoms. The fourth-order valence-electron chi connectivity index (χ4n) is 2.35. The minimum Gasteiger partial charge on any atom is -0.381 e. The Hall–Kier alpha value is -0.0800. The van der Waals surface area contributed by atoms with Crippen LogP contribution in [0.1, 0.15) is 39.0 Å². The summed E-state index contributed by atoms with van der Waals surface area (Å²) in [7, 11) is 2.04. The van der Waals surface area contributed by atoms with Crippen LogP contribution in [-0.4, -0.2) is 26.8 Å². The molecule has 0 atom stereocenters. The van der Waals surface area contributed by atoms with Crippen molar-refractivity contribution >= 4 is 0 Å². The first-order valence-corrected chi connectivity index (χ1v) is 5.55. The van der Waals surface area contributed by atoms with Gasteiger partial charge in [0.2, 0.25) is 0 Å². The molecule has 2 heteroatoms. The van der Waals surface area contributed by atoms with Gasteiger partial charge in [-0.2, -0.15) is 0 Å². The maximum absolute atomic E-state index is 5.43. The van der Waals surface area contributed by atoms with Crippen molar-refractivity contribution in [2.45, 2.75) is 39.0 Å². The molecule has 0 unspecified atom stereocenters. The second-order valence-electron chi connectivity index (χ2n) is 4.22. The first-order chi connectivity index (χ1) is 6.33. The van der Waals surface area contributed by atoms with Gasteiger partial charge in [0.05, 0.1) is 0 Å². The maximum atomic E-state index is 5.43. The van der Waals surface area contributed by atoms with Crippen molar-refractivity contribution in [3.05, 3.63) is 0 Å². The second kappa shape index (κ2) is 5.61. The van der Waals surface area contributed by atoms with Gasteiger partial charge in [-0.05, 0) is 44.7 Å². The number of hydrogen-bond donors (Lipinski definition) is 1. The lowest BCUT2D eigenvalue weighted by atomic mass is 9.74. The molecule has 0 aromatic carbocycles. The van der Waals surface area contributed by atoms with E-state index in [9.17, 15) is 0 Å². The van der Waals surface area contributed by atoms with Crippen LogP contribution in [-0.2, 0) is 4.74 Å². The molecule has 0 aliphatic carbocycles. The molecule has 1 N–H and O–H groups in total. The highest BCUT2D eigenvalue weighted by molar-refractivity contribution is 4.81. The molecule has 13 heavy (non-hydrogen) atoms. The van der Waals surface area contributed by atoms with Gasteiger partial charge in [-0.25, -0.2) is 0 Å². The monoisotopic (exact) mass is 185 g/mol. The number of hydrogen-bond acceptors (Lipinski definition) is 2. The van der Waals surface area contributed by atoms with Crippen molar-refractivity contribution in [2.75, 3.05) is 26.8 Å². The van der Waals surface area contributed by atoms with E-state index in [2.05, 4.69) is 12.2 Å². The number of ether oxygens (including phenoxy) is 1. The Morgan fingerprint density at radius 2 is 1.92 bits per heavy atom. The van der Waals surface area contributed by atoms with Crippen molar-refractivity contribution in [2.24, 2.45) is 5.41 Å². The summed E-state index contributed by atoms with van der Waals surface area (Å²) in [5.41, 5.74) is 0.593.